The van der Waals surface area contributed by atoms with Crippen molar-refractivity contribution in [1.29, 1.82) is 0 Å². The van der Waals surface area contributed by atoms with Gasteiger partial charge < -0.3 is 0 Å². The van der Waals surface area contributed by atoms with Crippen LogP contribution in [0.4, 0.5) is 0 Å². The molecule has 19 heavy (non-hydrogen) atoms. The molecule has 104 valence electrons. The predicted molar refractivity (Wildman–Crippen MR) is 79.5 cm³/mol. The molecule has 1 aliphatic rings. The quantitative estimate of drug-likeness (QED) is 0.722. The number of likely N-dealkylation sites (tertiary alicyclic amines) is 1. The predicted octanol–water partition coefficient (Wildman–Crippen LogP) is 3.91. The number of piperidine rings is 1. The second kappa shape index (κ2) is 7.44. The highest BCUT2D eigenvalue weighted by atomic mass is 16.1. The number of hydrogen-bond acceptors (Lipinski definition) is 2. The third-order valence-corrected chi connectivity index (χ3v) is 4.02. The number of nitrogens with zero attached hydrogens (tertiary/aromatic N) is 1. The lowest BCUT2D eigenvalue weighted by Crippen LogP contribution is -2.44. The van der Waals surface area contributed by atoms with Gasteiger partial charge in [0.15, 0.2) is 5.78 Å². The third kappa shape index (κ3) is 3.90. The van der Waals surface area contributed by atoms with E-state index in [2.05, 4.69) is 11.8 Å². The highest BCUT2D eigenvalue weighted by Crippen LogP contribution is 2.19. The molecule has 0 radical (unpaired) electrons. The van der Waals surface area contributed by atoms with Crippen LogP contribution in [0.5, 0.6) is 0 Å². The van der Waals surface area contributed by atoms with Gasteiger partial charge in [-0.15, -0.1) is 0 Å². The van der Waals surface area contributed by atoms with Crippen molar-refractivity contribution < 1.29 is 4.79 Å². The smallest absolute Gasteiger partial charge is 0.179 e. The first-order valence-electron chi connectivity index (χ1n) is 7.66. The molecule has 0 bridgehead atoms. The van der Waals surface area contributed by atoms with Crippen LogP contribution in [-0.4, -0.2) is 29.8 Å². The first kappa shape index (κ1) is 14.3. The zero-order valence-corrected chi connectivity index (χ0v) is 12.0. The number of rotatable bonds is 6. The second-order valence-electron chi connectivity index (χ2n) is 5.48. The summed E-state index contributed by atoms with van der Waals surface area (Å²) in [4.78, 5) is 15.1. The Kier molecular flexibility index (Phi) is 5.59. The van der Waals surface area contributed by atoms with Crippen LogP contribution in [0.1, 0.15) is 55.8 Å². The Balaban J connectivity index is 2.09. The van der Waals surface area contributed by atoms with Gasteiger partial charge >= 0.3 is 0 Å². The van der Waals surface area contributed by atoms with Gasteiger partial charge in [-0.25, -0.2) is 0 Å². The standard InChI is InChI=1S/C17H25NO/c1-2-3-12-16(18-13-8-5-9-14-18)17(19)15-10-6-4-7-11-15/h4,6-7,10-11,16H,2-3,5,8-9,12-14H2,1H3/t16-/m0/s1. The van der Waals surface area contributed by atoms with Gasteiger partial charge in [0.2, 0.25) is 0 Å². The molecule has 0 aliphatic carbocycles. The molecule has 1 aliphatic heterocycles. The maximum atomic E-state index is 12.7. The summed E-state index contributed by atoms with van der Waals surface area (Å²) in [5, 5.41) is 0. The highest BCUT2D eigenvalue weighted by molar-refractivity contribution is 6.00. The lowest BCUT2D eigenvalue weighted by molar-refractivity contribution is 0.0765. The molecule has 2 nitrogen and oxygen atoms in total. The topological polar surface area (TPSA) is 20.3 Å². The van der Waals surface area contributed by atoms with E-state index in [0.29, 0.717) is 5.78 Å². The van der Waals surface area contributed by atoms with Gasteiger partial charge in [-0.3, -0.25) is 9.69 Å². The van der Waals surface area contributed by atoms with Crippen molar-refractivity contribution in [2.45, 2.75) is 51.5 Å². The summed E-state index contributed by atoms with van der Waals surface area (Å²) >= 11 is 0. The molecule has 0 aromatic heterocycles. The largest absolute Gasteiger partial charge is 0.293 e. The van der Waals surface area contributed by atoms with Crippen LogP contribution in [0.15, 0.2) is 30.3 Å². The van der Waals surface area contributed by atoms with E-state index < -0.39 is 0 Å². The second-order valence-corrected chi connectivity index (χ2v) is 5.48. The molecule has 1 aromatic carbocycles. The van der Waals surface area contributed by atoms with Crippen molar-refractivity contribution in [2.24, 2.45) is 0 Å². The summed E-state index contributed by atoms with van der Waals surface area (Å²) in [7, 11) is 0. The van der Waals surface area contributed by atoms with Crippen LogP contribution in [0.2, 0.25) is 0 Å². The normalized spacial score (nSPS) is 18.2. The number of unbranched alkanes of at least 4 members (excludes halogenated alkanes) is 1. The average molecular weight is 259 g/mol. The van der Waals surface area contributed by atoms with Gasteiger partial charge in [0.1, 0.15) is 0 Å². The molecule has 0 unspecified atom stereocenters. The molecule has 0 spiro atoms. The minimum Gasteiger partial charge on any atom is -0.293 e. The Morgan fingerprint density at radius 3 is 2.47 bits per heavy atom. The Hall–Kier alpha value is -1.15. The van der Waals surface area contributed by atoms with Crippen LogP contribution in [0.3, 0.4) is 0 Å². The van der Waals surface area contributed by atoms with Gasteiger partial charge in [0.05, 0.1) is 6.04 Å². The van der Waals surface area contributed by atoms with E-state index in [1.54, 1.807) is 0 Å². The molecule has 1 fully saturated rings. The van der Waals surface area contributed by atoms with Crippen LogP contribution >= 0.6 is 0 Å². The SMILES string of the molecule is CCCC[C@@H](C(=O)c1ccccc1)N1CCCCC1. The maximum Gasteiger partial charge on any atom is 0.179 e. The molecule has 2 heteroatoms. The molecule has 0 amide bonds. The summed E-state index contributed by atoms with van der Waals surface area (Å²) in [6.45, 7) is 4.38. The lowest BCUT2D eigenvalue weighted by Gasteiger charge is -2.33. The van der Waals surface area contributed by atoms with Gasteiger partial charge in [0, 0.05) is 5.56 Å². The number of benzene rings is 1. The number of carbonyl (C=O) groups is 1. The van der Waals surface area contributed by atoms with Crippen LogP contribution in [-0.2, 0) is 0 Å². The molecule has 1 aromatic rings. The van der Waals surface area contributed by atoms with Gasteiger partial charge in [-0.1, -0.05) is 56.5 Å². The minimum atomic E-state index is 0.0997. The first-order chi connectivity index (χ1) is 9.33. The minimum absolute atomic E-state index is 0.0997. The van der Waals surface area contributed by atoms with E-state index in [-0.39, 0.29) is 6.04 Å². The Morgan fingerprint density at radius 1 is 1.16 bits per heavy atom. The van der Waals surface area contributed by atoms with E-state index in [4.69, 9.17) is 0 Å². The van der Waals surface area contributed by atoms with Gasteiger partial charge in [-0.05, 0) is 32.4 Å². The zero-order chi connectivity index (χ0) is 13.5. The fourth-order valence-electron chi connectivity index (χ4n) is 2.90. The maximum absolute atomic E-state index is 12.7. The molecule has 2 rings (SSSR count). The van der Waals surface area contributed by atoms with E-state index in [1.807, 2.05) is 30.3 Å². The fraction of sp³-hybridized carbons (Fsp3) is 0.588. The highest BCUT2D eigenvalue weighted by Gasteiger charge is 2.27. The van der Waals surface area contributed by atoms with Crippen molar-refractivity contribution in [1.82, 2.24) is 4.90 Å². The molecule has 0 saturated carbocycles. The summed E-state index contributed by atoms with van der Waals surface area (Å²) in [6.07, 6.45) is 7.10. The van der Waals surface area contributed by atoms with E-state index >= 15 is 0 Å². The Labute approximate surface area is 116 Å². The van der Waals surface area contributed by atoms with Crippen molar-refractivity contribution >= 4 is 5.78 Å². The van der Waals surface area contributed by atoms with Gasteiger partial charge in [-0.2, -0.15) is 0 Å². The van der Waals surface area contributed by atoms with E-state index in [1.165, 1.54) is 19.3 Å². The number of Topliss-reactive ketones (excluding diaryl/α,β-unsaturated/α-hetero) is 1. The van der Waals surface area contributed by atoms with Crippen molar-refractivity contribution in [3.63, 3.8) is 0 Å². The molecular formula is C17H25NO. The van der Waals surface area contributed by atoms with Crippen molar-refractivity contribution in [2.75, 3.05) is 13.1 Å². The van der Waals surface area contributed by atoms with Gasteiger partial charge in [0.25, 0.3) is 0 Å². The summed E-state index contributed by atoms with van der Waals surface area (Å²) in [5.74, 6) is 0.316. The lowest BCUT2D eigenvalue weighted by atomic mass is 9.96. The zero-order valence-electron chi connectivity index (χ0n) is 12.0. The average Bonchev–Trinajstić information content (AvgIpc) is 2.49. The molecule has 1 heterocycles. The third-order valence-electron chi connectivity index (χ3n) is 4.02. The van der Waals surface area contributed by atoms with Crippen LogP contribution in [0, 0.1) is 0 Å². The molecule has 1 saturated heterocycles. The van der Waals surface area contributed by atoms with Crippen LogP contribution < -0.4 is 0 Å². The monoisotopic (exact) mass is 259 g/mol. The van der Waals surface area contributed by atoms with Crippen molar-refractivity contribution in [3.05, 3.63) is 35.9 Å². The Bertz CT molecular complexity index is 382. The summed E-state index contributed by atoms with van der Waals surface area (Å²) in [5.41, 5.74) is 0.870. The fourth-order valence-corrected chi connectivity index (χ4v) is 2.90. The first-order valence-corrected chi connectivity index (χ1v) is 7.66. The molecule has 1 atom stereocenters. The summed E-state index contributed by atoms with van der Waals surface area (Å²) in [6, 6.07) is 9.89. The number of carbonyl (C=O) groups excluding carboxylic acids is 1. The van der Waals surface area contributed by atoms with E-state index in [9.17, 15) is 4.79 Å². The number of hydrogen-bond donors (Lipinski definition) is 0. The molecular weight excluding hydrogens is 234 g/mol. The van der Waals surface area contributed by atoms with E-state index in [0.717, 1.165) is 37.9 Å². The van der Waals surface area contributed by atoms with Crippen molar-refractivity contribution in [3.8, 4) is 0 Å². The number of ketones is 1. The molecule has 0 N–H and O–H groups in total. The Morgan fingerprint density at radius 2 is 1.84 bits per heavy atom. The summed E-state index contributed by atoms with van der Waals surface area (Å²) < 4.78 is 0. The van der Waals surface area contributed by atoms with Crippen LogP contribution in [0.25, 0.3) is 0 Å².